The van der Waals surface area contributed by atoms with Crippen molar-refractivity contribution in [1.29, 1.82) is 0 Å². The van der Waals surface area contributed by atoms with Crippen molar-refractivity contribution in [3.8, 4) is 0 Å². The lowest BCUT2D eigenvalue weighted by molar-refractivity contribution is 0.273. The molecule has 0 saturated carbocycles. The van der Waals surface area contributed by atoms with Crippen molar-refractivity contribution >= 4 is 22.7 Å². The smallest absolute Gasteiger partial charge is 0.278 e. The van der Waals surface area contributed by atoms with Gasteiger partial charge in [0.2, 0.25) is 0 Å². The van der Waals surface area contributed by atoms with Crippen LogP contribution >= 0.6 is 0 Å². The van der Waals surface area contributed by atoms with Gasteiger partial charge < -0.3 is 12.6 Å². The quantitative estimate of drug-likeness (QED) is 0.420. The predicted molar refractivity (Wildman–Crippen MR) is 45.2 cm³/mol. The van der Waals surface area contributed by atoms with Gasteiger partial charge in [0.25, 0.3) is 10.1 Å². The maximum atomic E-state index is 10.5. The summed E-state index contributed by atoms with van der Waals surface area (Å²) in [6.45, 7) is 0.383. The molecule has 0 aromatic carbocycles. The predicted octanol–water partition coefficient (Wildman–Crippen LogP) is -1.63. The molecule has 0 bridgehead atoms. The Hall–Kier alpha value is 0.140. The molecular formula is C4H10N3O3S2-. The highest BCUT2D eigenvalue weighted by Crippen LogP contribution is 2.05. The zero-order chi connectivity index (χ0) is 9.35. The molecule has 0 radical (unpaired) electrons. The Bertz CT molecular complexity index is 254. The first-order valence-electron chi connectivity index (χ1n) is 3.21. The van der Waals surface area contributed by atoms with Gasteiger partial charge >= 0.3 is 0 Å². The fourth-order valence-corrected chi connectivity index (χ4v) is 2.04. The molecule has 1 fully saturated rings. The van der Waals surface area contributed by atoms with Gasteiger partial charge in [-0.3, -0.25) is 14.9 Å². The molecule has 1 atom stereocenters. The Morgan fingerprint density at radius 3 is 2.67 bits per heavy atom. The molecule has 1 saturated heterocycles. The first kappa shape index (κ1) is 10.2. The van der Waals surface area contributed by atoms with E-state index in [9.17, 15) is 8.42 Å². The lowest BCUT2D eigenvalue weighted by Crippen LogP contribution is -2.37. The third-order valence-electron chi connectivity index (χ3n) is 1.39. The lowest BCUT2D eigenvalue weighted by atomic mass is 10.8. The topological polar surface area (TPSA) is 72.9 Å². The van der Waals surface area contributed by atoms with E-state index in [0.29, 0.717) is 6.67 Å². The van der Waals surface area contributed by atoms with Crippen LogP contribution in [0, 0.1) is 0 Å². The van der Waals surface area contributed by atoms with Crippen LogP contribution < -0.4 is 5.43 Å². The highest BCUT2D eigenvalue weighted by molar-refractivity contribution is 7.85. The normalized spacial score (nSPS) is 28.1. The van der Waals surface area contributed by atoms with Crippen molar-refractivity contribution in [3.05, 3.63) is 0 Å². The van der Waals surface area contributed by atoms with Crippen LogP contribution in [0.3, 0.4) is 0 Å². The molecule has 0 amide bonds. The third kappa shape index (κ3) is 2.88. The fraction of sp³-hybridized carbons (Fsp3) is 1.00. The molecule has 2 N–H and O–H groups in total. The SMILES string of the molecule is CN1CN(CS(=O)(=O)O)C([S-])N1. The van der Waals surface area contributed by atoms with Crippen molar-refractivity contribution in [2.24, 2.45) is 0 Å². The van der Waals surface area contributed by atoms with E-state index in [1.165, 1.54) is 4.90 Å². The molecule has 0 aliphatic carbocycles. The molecule has 1 aliphatic rings. The number of rotatable bonds is 2. The van der Waals surface area contributed by atoms with Crippen LogP contribution in [-0.2, 0) is 22.7 Å². The second kappa shape index (κ2) is 3.48. The van der Waals surface area contributed by atoms with Crippen LogP contribution in [-0.4, -0.2) is 48.0 Å². The van der Waals surface area contributed by atoms with Crippen molar-refractivity contribution in [1.82, 2.24) is 15.3 Å². The minimum Gasteiger partial charge on any atom is -0.757 e. The van der Waals surface area contributed by atoms with Gasteiger partial charge in [0.15, 0.2) is 0 Å². The van der Waals surface area contributed by atoms with Gasteiger partial charge in [-0.1, -0.05) is 0 Å². The summed E-state index contributed by atoms with van der Waals surface area (Å²) in [5, 5.41) is 1.66. The summed E-state index contributed by atoms with van der Waals surface area (Å²) in [4.78, 5) is 1.42. The van der Waals surface area contributed by atoms with Gasteiger partial charge in [-0.15, -0.1) is 0 Å². The molecule has 8 heteroatoms. The fourth-order valence-electron chi connectivity index (χ4n) is 0.976. The van der Waals surface area contributed by atoms with Gasteiger partial charge in [0.1, 0.15) is 5.88 Å². The van der Waals surface area contributed by atoms with Gasteiger partial charge in [-0.05, 0) is 5.50 Å². The summed E-state index contributed by atoms with van der Waals surface area (Å²) >= 11 is 4.87. The van der Waals surface area contributed by atoms with Crippen molar-refractivity contribution in [3.63, 3.8) is 0 Å². The van der Waals surface area contributed by atoms with Crippen LogP contribution in [0.1, 0.15) is 0 Å². The molecule has 0 aromatic rings. The average Bonchev–Trinajstić information content (AvgIpc) is 2.06. The second-order valence-electron chi connectivity index (χ2n) is 2.62. The van der Waals surface area contributed by atoms with Crippen LogP contribution in [0.4, 0.5) is 0 Å². The number of nitrogens with zero attached hydrogens (tertiary/aromatic N) is 2. The molecule has 1 unspecified atom stereocenters. The van der Waals surface area contributed by atoms with E-state index in [1.54, 1.807) is 12.1 Å². The highest BCUT2D eigenvalue weighted by atomic mass is 32.2. The second-order valence-corrected chi connectivity index (χ2v) is 4.49. The zero-order valence-corrected chi connectivity index (χ0v) is 8.10. The van der Waals surface area contributed by atoms with E-state index in [4.69, 9.17) is 17.2 Å². The minimum atomic E-state index is -3.97. The van der Waals surface area contributed by atoms with Crippen molar-refractivity contribution in [2.45, 2.75) is 5.50 Å². The van der Waals surface area contributed by atoms with Crippen LogP contribution in [0.15, 0.2) is 0 Å². The van der Waals surface area contributed by atoms with Gasteiger partial charge in [0.05, 0.1) is 6.67 Å². The summed E-state index contributed by atoms with van der Waals surface area (Å²) in [6.07, 6.45) is 0. The summed E-state index contributed by atoms with van der Waals surface area (Å²) < 4.78 is 29.4. The molecular weight excluding hydrogens is 202 g/mol. The van der Waals surface area contributed by atoms with E-state index in [1.807, 2.05) is 0 Å². The largest absolute Gasteiger partial charge is 0.757 e. The average molecular weight is 212 g/mol. The van der Waals surface area contributed by atoms with Crippen LogP contribution in [0.25, 0.3) is 0 Å². The number of nitrogens with one attached hydrogen (secondary N) is 1. The molecule has 1 rings (SSSR count). The van der Waals surface area contributed by atoms with Gasteiger partial charge in [-0.25, -0.2) is 5.01 Å². The van der Waals surface area contributed by atoms with Gasteiger partial charge in [0, 0.05) is 7.05 Å². The monoisotopic (exact) mass is 212 g/mol. The number of hydrogen-bond donors (Lipinski definition) is 2. The first-order chi connectivity index (χ1) is 5.38. The van der Waals surface area contributed by atoms with Crippen LogP contribution in [0.2, 0.25) is 0 Å². The van der Waals surface area contributed by atoms with Crippen molar-refractivity contribution in [2.75, 3.05) is 19.6 Å². The number of hydrogen-bond acceptors (Lipinski definition) is 6. The van der Waals surface area contributed by atoms with E-state index in [0.717, 1.165) is 0 Å². The molecule has 0 spiro atoms. The summed E-state index contributed by atoms with van der Waals surface area (Å²) in [5.74, 6) is -0.432. The highest BCUT2D eigenvalue weighted by Gasteiger charge is 2.22. The Morgan fingerprint density at radius 1 is 1.75 bits per heavy atom. The molecule has 1 aliphatic heterocycles. The van der Waals surface area contributed by atoms with E-state index in [2.05, 4.69) is 5.43 Å². The summed E-state index contributed by atoms with van der Waals surface area (Å²) in [5.41, 5.74) is 2.31. The molecule has 1 heterocycles. The standard InChI is InChI=1S/C4H11N3O3S2/c1-6-2-7(4(11)5-6)3-12(8,9)10/h4-5,11H,2-3H2,1H3,(H,8,9,10)/p-1. The molecule has 6 nitrogen and oxygen atoms in total. The number of hydrazine groups is 1. The van der Waals surface area contributed by atoms with Gasteiger partial charge in [-0.2, -0.15) is 8.42 Å². The molecule has 12 heavy (non-hydrogen) atoms. The summed E-state index contributed by atoms with van der Waals surface area (Å²) in [6, 6.07) is 0. The Balaban J connectivity index is 2.55. The third-order valence-corrected chi connectivity index (χ3v) is 2.45. The van der Waals surface area contributed by atoms with Crippen molar-refractivity contribution < 1.29 is 13.0 Å². The lowest BCUT2D eigenvalue weighted by Gasteiger charge is -2.25. The Morgan fingerprint density at radius 2 is 2.33 bits per heavy atom. The molecule has 72 valence electrons. The Labute approximate surface area is 76.7 Å². The maximum absolute atomic E-state index is 10.5. The van der Waals surface area contributed by atoms with E-state index >= 15 is 0 Å². The summed E-state index contributed by atoms with van der Waals surface area (Å²) in [7, 11) is -2.23. The minimum absolute atomic E-state index is 0.383. The molecule has 0 aromatic heterocycles. The van der Waals surface area contributed by atoms with E-state index < -0.39 is 21.5 Å². The Kier molecular flexibility index (Phi) is 2.97. The maximum Gasteiger partial charge on any atom is 0.278 e. The van der Waals surface area contributed by atoms with E-state index in [-0.39, 0.29) is 0 Å². The zero-order valence-electron chi connectivity index (χ0n) is 6.47. The first-order valence-corrected chi connectivity index (χ1v) is 5.29. The van der Waals surface area contributed by atoms with Crippen LogP contribution in [0.5, 0.6) is 0 Å².